The van der Waals surface area contributed by atoms with E-state index in [4.69, 9.17) is 9.84 Å². The summed E-state index contributed by atoms with van der Waals surface area (Å²) >= 11 is 0. The third-order valence-electron chi connectivity index (χ3n) is 2.99. The second kappa shape index (κ2) is 7.59. The van der Waals surface area contributed by atoms with Gasteiger partial charge in [0.1, 0.15) is 11.0 Å². The predicted octanol–water partition coefficient (Wildman–Crippen LogP) is 0.140. The molecule has 0 spiro atoms. The topological polar surface area (TPSA) is 92.7 Å². The van der Waals surface area contributed by atoms with E-state index in [1.54, 1.807) is 13.8 Å². The first kappa shape index (κ1) is 16.1. The molecule has 2 N–H and O–H groups in total. The van der Waals surface area contributed by atoms with Crippen LogP contribution in [-0.4, -0.2) is 51.5 Å². The highest BCUT2D eigenvalue weighted by molar-refractivity contribution is 7.87. The molecular formula is C12H21NO5S. The molecular weight excluding hydrogens is 270 g/mol. The molecule has 1 fully saturated rings. The number of aliphatic carboxylic acids is 1. The van der Waals surface area contributed by atoms with Crippen molar-refractivity contribution in [2.75, 3.05) is 19.0 Å². The Bertz CT molecular complexity index is 352. The predicted molar refractivity (Wildman–Crippen MR) is 71.3 cm³/mol. The number of rotatable bonds is 6. The summed E-state index contributed by atoms with van der Waals surface area (Å²) in [4.78, 5) is 22.7. The molecule has 1 amide bonds. The molecule has 0 radical (unpaired) electrons. The largest absolute Gasteiger partial charge is 0.480 e. The first-order valence-corrected chi connectivity index (χ1v) is 7.77. The Morgan fingerprint density at radius 1 is 1.37 bits per heavy atom. The maximum absolute atomic E-state index is 11.9. The van der Waals surface area contributed by atoms with Crippen LogP contribution in [0.4, 0.5) is 0 Å². The first-order chi connectivity index (χ1) is 8.91. The minimum atomic E-state index is -1.70. The number of carboxylic acids is 1. The van der Waals surface area contributed by atoms with E-state index in [1.807, 2.05) is 0 Å². The number of carbonyl (C=O) groups is 2. The van der Waals surface area contributed by atoms with E-state index in [0.29, 0.717) is 13.2 Å². The normalized spacial score (nSPS) is 19.9. The van der Waals surface area contributed by atoms with Crippen LogP contribution in [0.5, 0.6) is 0 Å². The van der Waals surface area contributed by atoms with Gasteiger partial charge in [0, 0.05) is 30.1 Å². The maximum Gasteiger partial charge on any atom is 0.319 e. The van der Waals surface area contributed by atoms with E-state index in [1.165, 1.54) is 0 Å². The van der Waals surface area contributed by atoms with E-state index < -0.39 is 22.0 Å². The van der Waals surface area contributed by atoms with Crippen LogP contribution in [0.3, 0.4) is 0 Å². The molecule has 7 heteroatoms. The van der Waals surface area contributed by atoms with Crippen LogP contribution in [0.1, 0.15) is 26.7 Å². The molecule has 1 aliphatic rings. The van der Waals surface area contributed by atoms with Gasteiger partial charge in [-0.25, -0.2) is 0 Å². The second-order valence-corrected chi connectivity index (χ2v) is 6.54. The SMILES string of the molecule is CC(C)C(C(=O)O)S(=O)CC(=O)NC1CCOCC1. The van der Waals surface area contributed by atoms with Crippen molar-refractivity contribution >= 4 is 22.7 Å². The summed E-state index contributed by atoms with van der Waals surface area (Å²) < 4.78 is 17.1. The van der Waals surface area contributed by atoms with Gasteiger partial charge < -0.3 is 15.2 Å². The van der Waals surface area contributed by atoms with Crippen molar-refractivity contribution in [2.24, 2.45) is 5.92 Å². The Morgan fingerprint density at radius 3 is 2.42 bits per heavy atom. The summed E-state index contributed by atoms with van der Waals surface area (Å²) in [5.41, 5.74) is 0. The molecule has 0 aromatic carbocycles. The molecule has 1 aliphatic heterocycles. The fourth-order valence-corrected chi connectivity index (χ4v) is 3.38. The van der Waals surface area contributed by atoms with Crippen molar-refractivity contribution in [1.82, 2.24) is 5.32 Å². The fraction of sp³-hybridized carbons (Fsp3) is 0.833. The van der Waals surface area contributed by atoms with Gasteiger partial charge in [0.05, 0.1) is 0 Å². The average molecular weight is 291 g/mol. The number of hydrogen-bond acceptors (Lipinski definition) is 4. The molecule has 0 saturated carbocycles. The van der Waals surface area contributed by atoms with E-state index >= 15 is 0 Å². The van der Waals surface area contributed by atoms with Crippen LogP contribution >= 0.6 is 0 Å². The Labute approximate surface area is 115 Å². The Kier molecular flexibility index (Phi) is 6.44. The van der Waals surface area contributed by atoms with Gasteiger partial charge >= 0.3 is 5.97 Å². The summed E-state index contributed by atoms with van der Waals surface area (Å²) in [6, 6.07) is 0.0422. The zero-order valence-electron chi connectivity index (χ0n) is 11.3. The number of carboxylic acid groups (broad SMARTS) is 1. The number of amides is 1. The molecule has 1 heterocycles. The molecule has 2 atom stereocenters. The smallest absolute Gasteiger partial charge is 0.319 e. The third-order valence-corrected chi connectivity index (χ3v) is 4.85. The molecule has 0 aromatic heterocycles. The Hall–Kier alpha value is -0.950. The van der Waals surface area contributed by atoms with E-state index in [-0.39, 0.29) is 23.6 Å². The van der Waals surface area contributed by atoms with Crippen LogP contribution in [0, 0.1) is 5.92 Å². The highest BCUT2D eigenvalue weighted by Gasteiger charge is 2.30. The molecule has 1 saturated heterocycles. The van der Waals surface area contributed by atoms with Crippen LogP contribution < -0.4 is 5.32 Å². The van der Waals surface area contributed by atoms with Crippen molar-refractivity contribution in [3.05, 3.63) is 0 Å². The van der Waals surface area contributed by atoms with Gasteiger partial charge in [-0.2, -0.15) is 0 Å². The summed E-state index contributed by atoms with van der Waals surface area (Å²) in [5, 5.41) is 10.8. The third kappa shape index (κ3) is 5.28. The molecule has 1 rings (SSSR count). The Balaban J connectivity index is 2.46. The van der Waals surface area contributed by atoms with E-state index in [2.05, 4.69) is 5.32 Å². The zero-order chi connectivity index (χ0) is 14.4. The summed E-state index contributed by atoms with van der Waals surface area (Å²) in [6.07, 6.45) is 1.48. The number of ether oxygens (including phenoxy) is 1. The highest BCUT2D eigenvalue weighted by atomic mass is 32.2. The van der Waals surface area contributed by atoms with Crippen molar-refractivity contribution in [3.8, 4) is 0 Å². The van der Waals surface area contributed by atoms with Crippen molar-refractivity contribution < 1.29 is 23.6 Å². The molecule has 6 nitrogen and oxygen atoms in total. The lowest BCUT2D eigenvalue weighted by molar-refractivity contribution is -0.137. The summed E-state index contributed by atoms with van der Waals surface area (Å²) in [6.45, 7) is 4.59. The summed E-state index contributed by atoms with van der Waals surface area (Å²) in [5.74, 6) is -1.99. The van der Waals surface area contributed by atoms with Crippen LogP contribution in [0.25, 0.3) is 0 Å². The van der Waals surface area contributed by atoms with Crippen molar-refractivity contribution in [2.45, 2.75) is 38.0 Å². The number of carbonyl (C=O) groups excluding carboxylic acids is 1. The van der Waals surface area contributed by atoms with Crippen molar-refractivity contribution in [1.29, 1.82) is 0 Å². The summed E-state index contributed by atoms with van der Waals surface area (Å²) in [7, 11) is -1.70. The molecule has 19 heavy (non-hydrogen) atoms. The quantitative estimate of drug-likeness (QED) is 0.726. The monoisotopic (exact) mass is 291 g/mol. The lowest BCUT2D eigenvalue weighted by Crippen LogP contribution is -2.43. The van der Waals surface area contributed by atoms with Crippen LogP contribution in [0.2, 0.25) is 0 Å². The van der Waals surface area contributed by atoms with Gasteiger partial charge in [0.15, 0.2) is 0 Å². The minimum absolute atomic E-state index is 0.0422. The van der Waals surface area contributed by atoms with Crippen LogP contribution in [0.15, 0.2) is 0 Å². The zero-order valence-corrected chi connectivity index (χ0v) is 12.1. The molecule has 0 aromatic rings. The van der Waals surface area contributed by atoms with E-state index in [9.17, 15) is 13.8 Å². The van der Waals surface area contributed by atoms with Gasteiger partial charge in [-0.15, -0.1) is 0 Å². The first-order valence-electron chi connectivity index (χ1n) is 6.39. The van der Waals surface area contributed by atoms with Crippen molar-refractivity contribution in [3.63, 3.8) is 0 Å². The fourth-order valence-electron chi connectivity index (χ4n) is 2.03. The lowest BCUT2D eigenvalue weighted by Gasteiger charge is -2.23. The average Bonchev–Trinajstić information content (AvgIpc) is 2.28. The van der Waals surface area contributed by atoms with Gasteiger partial charge in [-0.05, 0) is 18.8 Å². The maximum atomic E-state index is 11.9. The second-order valence-electron chi connectivity index (χ2n) is 4.98. The minimum Gasteiger partial charge on any atom is -0.480 e. The highest BCUT2D eigenvalue weighted by Crippen LogP contribution is 2.11. The Morgan fingerprint density at radius 2 is 1.95 bits per heavy atom. The van der Waals surface area contributed by atoms with Gasteiger partial charge in [-0.1, -0.05) is 13.8 Å². The van der Waals surface area contributed by atoms with Gasteiger partial charge in [0.2, 0.25) is 5.91 Å². The number of nitrogens with one attached hydrogen (secondary N) is 1. The standard InChI is InChI=1S/C12H21NO5S/c1-8(2)11(12(15)16)19(17)7-10(14)13-9-3-5-18-6-4-9/h8-9,11H,3-7H2,1-2H3,(H,13,14)(H,15,16). The van der Waals surface area contributed by atoms with Crippen LogP contribution in [-0.2, 0) is 25.1 Å². The van der Waals surface area contributed by atoms with Gasteiger partial charge in [0.25, 0.3) is 0 Å². The molecule has 2 unspecified atom stereocenters. The lowest BCUT2D eigenvalue weighted by atomic mass is 10.1. The van der Waals surface area contributed by atoms with E-state index in [0.717, 1.165) is 12.8 Å². The molecule has 0 bridgehead atoms. The molecule has 0 aliphatic carbocycles. The van der Waals surface area contributed by atoms with Gasteiger partial charge in [-0.3, -0.25) is 13.8 Å². The molecule has 110 valence electrons. The number of hydrogen-bond donors (Lipinski definition) is 2.